The second-order valence-electron chi connectivity index (χ2n) is 10.1. The van der Waals surface area contributed by atoms with Crippen LogP contribution in [0.5, 0.6) is 5.75 Å². The van der Waals surface area contributed by atoms with Crippen molar-refractivity contribution < 1.29 is 12.9 Å². The number of likely N-dealkylation sites (N-methyl/N-ethyl adjacent to an activating group) is 1. The lowest BCUT2D eigenvalue weighted by Gasteiger charge is -2.29. The van der Waals surface area contributed by atoms with Crippen molar-refractivity contribution in [1.82, 2.24) is 0 Å². The first-order valence-corrected chi connectivity index (χ1v) is 16.1. The minimum atomic E-state index is -4.12. The van der Waals surface area contributed by atoms with E-state index in [1.165, 1.54) is 0 Å². The molecular weight excluding hydrogens is 547 g/mol. The Labute approximate surface area is 235 Å². The largest absolute Gasteiger partial charge is 0.451 e. The number of rotatable bonds is 6. The fourth-order valence-corrected chi connectivity index (χ4v) is 10.1. The molecule has 0 aromatic heterocycles. The molecule has 1 aliphatic rings. The molecule has 0 amide bonds. The molecule has 39 heavy (non-hydrogen) atoms. The van der Waals surface area contributed by atoms with Gasteiger partial charge in [0.25, 0.3) is 10.0 Å². The Morgan fingerprint density at radius 3 is 2.23 bits per heavy atom. The van der Waals surface area contributed by atoms with E-state index < -0.39 is 22.7 Å². The summed E-state index contributed by atoms with van der Waals surface area (Å²) in [5.74, 6) is 2.38. The molecule has 0 radical (unpaired) electrons. The van der Waals surface area contributed by atoms with E-state index in [4.69, 9.17) is 16.1 Å². The molecule has 1 aliphatic heterocycles. The number of anilines is 1. The van der Waals surface area contributed by atoms with Crippen molar-refractivity contribution >= 4 is 39.9 Å². The first kappa shape index (κ1) is 27.3. The molecule has 8 heteroatoms. The topological polar surface area (TPSA) is 59.0 Å². The third-order valence-electron chi connectivity index (χ3n) is 6.95. The highest BCUT2D eigenvalue weighted by Crippen LogP contribution is 2.58. The summed E-state index contributed by atoms with van der Waals surface area (Å²) in [5.41, 5.74) is 3.65. The molecule has 0 aliphatic carbocycles. The summed E-state index contributed by atoms with van der Waals surface area (Å²) in [6.45, 7) is 6.18. The minimum Gasteiger partial charge on any atom is -0.451 e. The zero-order chi connectivity index (χ0) is 27.8. The van der Waals surface area contributed by atoms with Gasteiger partial charge < -0.3 is 9.42 Å². The molecule has 200 valence electrons. The highest BCUT2D eigenvalue weighted by molar-refractivity contribution is 7.95. The van der Waals surface area contributed by atoms with Crippen LogP contribution in [0.4, 0.5) is 5.69 Å². The van der Waals surface area contributed by atoms with E-state index in [1.807, 2.05) is 62.3 Å². The monoisotopic (exact) mass is 576 g/mol. The van der Waals surface area contributed by atoms with Crippen molar-refractivity contribution in [2.24, 2.45) is 4.15 Å². The highest BCUT2D eigenvalue weighted by Gasteiger charge is 2.41. The maximum atomic E-state index is 13.9. The number of nitrogens with zero attached hydrogens (tertiary/aromatic N) is 2. The van der Waals surface area contributed by atoms with Crippen LogP contribution in [0.3, 0.4) is 0 Å². The number of fused-ring (bicyclic) bond motifs is 1. The van der Waals surface area contributed by atoms with Gasteiger partial charge in [0.2, 0.25) is 7.28 Å². The Balaban J connectivity index is 1.84. The summed E-state index contributed by atoms with van der Waals surface area (Å²) in [5, 5.41) is 1.16. The maximum absolute atomic E-state index is 13.9. The van der Waals surface area contributed by atoms with Crippen molar-refractivity contribution in [2.75, 3.05) is 11.9 Å². The number of benzene rings is 4. The summed E-state index contributed by atoms with van der Waals surface area (Å²) >= 11 is 6.32. The number of sulfonamides is 1. The van der Waals surface area contributed by atoms with Gasteiger partial charge in [-0.2, -0.15) is 8.42 Å². The Morgan fingerprint density at radius 2 is 1.56 bits per heavy atom. The molecule has 0 saturated carbocycles. The quantitative estimate of drug-likeness (QED) is 0.217. The second-order valence-corrected chi connectivity index (χ2v) is 14.8. The third-order valence-corrected chi connectivity index (χ3v) is 12.0. The molecule has 1 heterocycles. The average Bonchev–Trinajstić information content (AvgIpc) is 3.10. The zero-order valence-corrected chi connectivity index (χ0v) is 24.7. The Bertz CT molecular complexity index is 1720. The van der Waals surface area contributed by atoms with Gasteiger partial charge in [-0.05, 0) is 61.0 Å². The predicted octanol–water partition coefficient (Wildman–Crippen LogP) is 8.13. The van der Waals surface area contributed by atoms with E-state index in [0.29, 0.717) is 16.1 Å². The van der Waals surface area contributed by atoms with Crippen molar-refractivity contribution in [3.05, 3.63) is 131 Å². The molecule has 0 saturated heterocycles. The molecule has 4 aromatic carbocycles. The molecule has 0 spiro atoms. The van der Waals surface area contributed by atoms with Gasteiger partial charge in [-0.25, -0.2) is 0 Å². The first-order chi connectivity index (χ1) is 18.5. The molecule has 0 N–H and O–H groups in total. The molecule has 4 aromatic rings. The fourth-order valence-electron chi connectivity index (χ4n) is 4.88. The molecule has 0 bridgehead atoms. The lowest BCUT2D eigenvalue weighted by Crippen LogP contribution is -2.24. The van der Waals surface area contributed by atoms with Crippen LogP contribution in [0.15, 0.2) is 124 Å². The molecule has 0 unspecified atom stereocenters. The van der Waals surface area contributed by atoms with E-state index in [9.17, 15) is 8.42 Å². The van der Waals surface area contributed by atoms with Gasteiger partial charge in [0.05, 0.1) is 4.90 Å². The summed E-state index contributed by atoms with van der Waals surface area (Å²) in [6, 6.07) is 31.3. The molecule has 0 fully saturated rings. The summed E-state index contributed by atoms with van der Waals surface area (Å²) in [6.07, 6.45) is 0. The standard InChI is InChI=1S/C31H30ClN2O3PS/c1-23-17-19-27(20-18-23)39(35,36)33-38(26-13-6-5-7-14-26,37-25-12-10-11-24(32)21-25)22-30-31(2,3)28-15-8-9-16-29(28)34(30)4/h5-22H,1-4H3/b30-22-/t38-/m1/s1. The van der Waals surface area contributed by atoms with Crippen molar-refractivity contribution in [1.29, 1.82) is 0 Å². The van der Waals surface area contributed by atoms with Crippen LogP contribution < -0.4 is 14.7 Å². The number of halogens is 1. The lowest BCUT2D eigenvalue weighted by atomic mass is 9.84. The van der Waals surface area contributed by atoms with Gasteiger partial charge >= 0.3 is 0 Å². The second kappa shape index (κ2) is 10.3. The van der Waals surface area contributed by atoms with E-state index in [2.05, 4.69) is 35.0 Å². The Hall–Kier alpha value is -3.31. The van der Waals surface area contributed by atoms with Crippen LogP contribution in [-0.4, -0.2) is 15.5 Å². The number of hydrogen-bond donors (Lipinski definition) is 0. The Kier molecular flexibility index (Phi) is 7.23. The van der Waals surface area contributed by atoms with Crippen molar-refractivity contribution in [3.63, 3.8) is 0 Å². The molecule has 5 nitrogen and oxygen atoms in total. The van der Waals surface area contributed by atoms with Gasteiger partial charge in [-0.1, -0.05) is 85.6 Å². The predicted molar refractivity (Wildman–Crippen MR) is 162 cm³/mol. The summed E-state index contributed by atoms with van der Waals surface area (Å²) in [7, 11) is -5.54. The van der Waals surface area contributed by atoms with Gasteiger partial charge in [0.1, 0.15) is 5.75 Å². The van der Waals surface area contributed by atoms with E-state index >= 15 is 0 Å². The van der Waals surface area contributed by atoms with Crippen LogP contribution in [0.1, 0.15) is 25.0 Å². The molecule has 5 rings (SSSR count). The van der Waals surface area contributed by atoms with Gasteiger partial charge in [-0.3, -0.25) is 0 Å². The first-order valence-electron chi connectivity index (χ1n) is 12.5. The van der Waals surface area contributed by atoms with Crippen LogP contribution >= 0.6 is 18.9 Å². The summed E-state index contributed by atoms with van der Waals surface area (Å²) < 4.78 is 39.3. The number of hydrogen-bond acceptors (Lipinski definition) is 4. The van der Waals surface area contributed by atoms with Crippen LogP contribution in [0.2, 0.25) is 5.02 Å². The SMILES string of the molecule is Cc1ccc(S(=O)(=O)N=[P@](/C=C2\N(C)c3ccccc3C2(C)C)(Oc2cccc(Cl)c2)c2ccccc2)cc1. The molecule has 1 atom stereocenters. The number of allylic oxidation sites excluding steroid dienone is 1. The lowest BCUT2D eigenvalue weighted by molar-refractivity contribution is 0.593. The van der Waals surface area contributed by atoms with Gasteiger partial charge in [0, 0.05) is 40.0 Å². The number of aryl methyl sites for hydroxylation is 1. The average molecular weight is 577 g/mol. The Morgan fingerprint density at radius 1 is 0.897 bits per heavy atom. The van der Waals surface area contributed by atoms with E-state index in [-0.39, 0.29) is 4.90 Å². The van der Waals surface area contributed by atoms with Crippen LogP contribution in [0.25, 0.3) is 0 Å². The third kappa shape index (κ3) is 5.29. The van der Waals surface area contributed by atoms with E-state index in [1.54, 1.807) is 48.5 Å². The van der Waals surface area contributed by atoms with Crippen molar-refractivity contribution in [2.45, 2.75) is 31.1 Å². The van der Waals surface area contributed by atoms with Crippen molar-refractivity contribution in [3.8, 4) is 5.75 Å². The smallest absolute Gasteiger partial charge is 0.284 e. The number of para-hydroxylation sites is 1. The van der Waals surface area contributed by atoms with Crippen LogP contribution in [-0.2, 0) is 15.4 Å². The molecular formula is C31H30ClN2O3PS. The van der Waals surface area contributed by atoms with Crippen LogP contribution in [0, 0.1) is 6.92 Å². The zero-order valence-electron chi connectivity index (χ0n) is 22.2. The maximum Gasteiger partial charge on any atom is 0.284 e. The van der Waals surface area contributed by atoms with Gasteiger partial charge in [0.15, 0.2) is 0 Å². The minimum absolute atomic E-state index is 0.115. The highest BCUT2D eigenvalue weighted by atomic mass is 35.5. The van der Waals surface area contributed by atoms with Gasteiger partial charge in [-0.15, -0.1) is 4.15 Å². The normalized spacial score (nSPS) is 16.9. The fraction of sp³-hybridized carbons (Fsp3) is 0.161. The van der Waals surface area contributed by atoms with E-state index in [0.717, 1.165) is 22.5 Å². The summed E-state index contributed by atoms with van der Waals surface area (Å²) in [4.78, 5) is 2.21.